The van der Waals surface area contributed by atoms with Gasteiger partial charge in [0.05, 0.1) is 21.7 Å². The third-order valence-electron chi connectivity index (χ3n) is 6.52. The zero-order valence-electron chi connectivity index (χ0n) is 18.9. The van der Waals surface area contributed by atoms with Crippen LogP contribution in [-0.4, -0.2) is 21.8 Å². The van der Waals surface area contributed by atoms with E-state index >= 15 is 0 Å². The lowest BCUT2D eigenvalue weighted by molar-refractivity contribution is -0.142. The molecule has 200 valence electrons. The van der Waals surface area contributed by atoms with E-state index in [9.17, 15) is 27.9 Å². The highest BCUT2D eigenvalue weighted by Gasteiger charge is 2.38. The van der Waals surface area contributed by atoms with E-state index in [2.05, 4.69) is 10.3 Å². The van der Waals surface area contributed by atoms with Gasteiger partial charge in [-0.3, -0.25) is 9.59 Å². The molecule has 38 heavy (non-hydrogen) atoms. The second kappa shape index (κ2) is 11.3. The van der Waals surface area contributed by atoms with Crippen LogP contribution in [-0.2, 0) is 11.0 Å². The Kier molecular flexibility index (Phi) is 8.61. The molecule has 1 fully saturated rings. The monoisotopic (exact) mass is 542 g/mol. The fourth-order valence-electron chi connectivity index (χ4n) is 4.63. The van der Waals surface area contributed by atoms with E-state index in [4.69, 9.17) is 0 Å². The van der Waals surface area contributed by atoms with E-state index in [1.807, 2.05) is 36.4 Å². The van der Waals surface area contributed by atoms with E-state index in [1.165, 1.54) is 6.07 Å². The Morgan fingerprint density at radius 3 is 2.11 bits per heavy atom. The molecule has 1 saturated carbocycles. The maximum Gasteiger partial charge on any atom is 0.416 e. The molecular formula is C29H29F3N2O3S. The van der Waals surface area contributed by atoms with E-state index in [0.717, 1.165) is 46.7 Å². The topological polar surface area (TPSA) is 79.3 Å². The van der Waals surface area contributed by atoms with E-state index in [0.29, 0.717) is 33.8 Å². The molecule has 0 spiro atoms. The third kappa shape index (κ3) is 5.88. The summed E-state index contributed by atoms with van der Waals surface area (Å²) in [5.41, 5.74) is 2.87. The standard InChI is InChI=1S/C27H21F3N2O3S.2CH4/c28-27(29,30)18-10-13-22-23(14-18)36-26(32-22)31-19-11-8-16(9-12-19)15-4-6-17(7-5-15)24(33)20-2-1-3-21(20)25(34)35;;/h4-14,20-21H,1-3H2,(H,31,32)(H,34,35);2*1H4/t20-,21-;;/m1../s1. The maximum absolute atomic E-state index is 13.0. The van der Waals surface area contributed by atoms with Gasteiger partial charge in [0.15, 0.2) is 10.9 Å². The van der Waals surface area contributed by atoms with Crippen LogP contribution in [0, 0.1) is 11.8 Å². The highest BCUT2D eigenvalue weighted by atomic mass is 32.1. The average Bonchev–Trinajstić information content (AvgIpc) is 3.50. The van der Waals surface area contributed by atoms with Gasteiger partial charge in [0.1, 0.15) is 0 Å². The molecule has 1 aliphatic rings. The summed E-state index contributed by atoms with van der Waals surface area (Å²) < 4.78 is 39.3. The lowest BCUT2D eigenvalue weighted by atomic mass is 9.88. The minimum Gasteiger partial charge on any atom is -0.481 e. The first-order valence-electron chi connectivity index (χ1n) is 11.4. The van der Waals surface area contributed by atoms with Gasteiger partial charge >= 0.3 is 12.1 Å². The van der Waals surface area contributed by atoms with Crippen molar-refractivity contribution in [1.29, 1.82) is 0 Å². The van der Waals surface area contributed by atoms with Crippen molar-refractivity contribution in [3.05, 3.63) is 77.9 Å². The first-order valence-corrected chi connectivity index (χ1v) is 12.2. The molecule has 0 radical (unpaired) electrons. The fourth-order valence-corrected chi connectivity index (χ4v) is 5.56. The van der Waals surface area contributed by atoms with Crippen molar-refractivity contribution < 1.29 is 27.9 Å². The lowest BCUT2D eigenvalue weighted by Crippen LogP contribution is -2.25. The van der Waals surface area contributed by atoms with E-state index in [1.54, 1.807) is 12.1 Å². The summed E-state index contributed by atoms with van der Waals surface area (Å²) >= 11 is 1.15. The second-order valence-electron chi connectivity index (χ2n) is 8.83. The summed E-state index contributed by atoms with van der Waals surface area (Å²) in [5.74, 6) is -2.11. The Hall–Kier alpha value is -3.72. The van der Waals surface area contributed by atoms with Crippen LogP contribution in [0.5, 0.6) is 0 Å². The molecule has 1 aliphatic carbocycles. The molecule has 9 heteroatoms. The van der Waals surface area contributed by atoms with Crippen molar-refractivity contribution in [3.63, 3.8) is 0 Å². The summed E-state index contributed by atoms with van der Waals surface area (Å²) in [6.45, 7) is 0. The van der Waals surface area contributed by atoms with Gasteiger partial charge in [0.25, 0.3) is 0 Å². The van der Waals surface area contributed by atoms with Crippen molar-refractivity contribution in [2.24, 2.45) is 11.8 Å². The summed E-state index contributed by atoms with van der Waals surface area (Å²) in [5, 5.41) is 13.0. The number of nitrogens with zero attached hydrogens (tertiary/aromatic N) is 1. The first-order chi connectivity index (χ1) is 17.2. The number of alkyl halides is 3. The average molecular weight is 543 g/mol. The van der Waals surface area contributed by atoms with Crippen LogP contribution in [0.15, 0.2) is 66.7 Å². The molecule has 5 nitrogen and oxygen atoms in total. The molecule has 2 N–H and O–H groups in total. The van der Waals surface area contributed by atoms with Crippen LogP contribution in [0.4, 0.5) is 24.0 Å². The van der Waals surface area contributed by atoms with Crippen LogP contribution in [0.1, 0.15) is 50.0 Å². The van der Waals surface area contributed by atoms with Gasteiger partial charge in [-0.1, -0.05) is 69.0 Å². The number of hydrogen-bond donors (Lipinski definition) is 2. The Morgan fingerprint density at radius 2 is 1.50 bits per heavy atom. The molecule has 0 unspecified atom stereocenters. The number of Topliss-reactive ketones (excluding diaryl/α,β-unsaturated/α-hetero) is 1. The minimum absolute atomic E-state index is 0. The minimum atomic E-state index is -4.40. The zero-order valence-corrected chi connectivity index (χ0v) is 19.7. The highest BCUT2D eigenvalue weighted by Crippen LogP contribution is 2.36. The van der Waals surface area contributed by atoms with Crippen LogP contribution < -0.4 is 5.32 Å². The Bertz CT molecular complexity index is 1430. The molecule has 0 bridgehead atoms. The number of carbonyl (C=O) groups excluding carboxylic acids is 1. The van der Waals surface area contributed by atoms with Crippen molar-refractivity contribution in [3.8, 4) is 11.1 Å². The zero-order chi connectivity index (χ0) is 25.4. The molecular weight excluding hydrogens is 513 g/mol. The molecule has 3 aromatic carbocycles. The predicted molar refractivity (Wildman–Crippen MR) is 146 cm³/mol. The van der Waals surface area contributed by atoms with Gasteiger partial charge in [0.2, 0.25) is 0 Å². The molecule has 1 heterocycles. The number of carboxylic acid groups (broad SMARTS) is 1. The highest BCUT2D eigenvalue weighted by molar-refractivity contribution is 7.22. The number of fused-ring (bicyclic) bond motifs is 1. The Labute approximate surface area is 223 Å². The van der Waals surface area contributed by atoms with Gasteiger partial charge in [0, 0.05) is 17.2 Å². The van der Waals surface area contributed by atoms with Crippen molar-refractivity contribution in [2.45, 2.75) is 40.3 Å². The van der Waals surface area contributed by atoms with Crippen molar-refractivity contribution in [2.75, 3.05) is 5.32 Å². The smallest absolute Gasteiger partial charge is 0.416 e. The van der Waals surface area contributed by atoms with Gasteiger partial charge < -0.3 is 10.4 Å². The number of aromatic nitrogens is 1. The maximum atomic E-state index is 13.0. The predicted octanol–water partition coefficient (Wildman–Crippen LogP) is 8.68. The van der Waals surface area contributed by atoms with Crippen molar-refractivity contribution in [1.82, 2.24) is 4.98 Å². The second-order valence-corrected chi connectivity index (χ2v) is 9.86. The number of aliphatic carboxylic acids is 1. The number of hydrogen-bond acceptors (Lipinski definition) is 5. The fraction of sp³-hybridized carbons (Fsp3) is 0.276. The number of anilines is 2. The third-order valence-corrected chi connectivity index (χ3v) is 7.46. The number of ketones is 1. The molecule has 2 atom stereocenters. The number of halogens is 3. The number of benzene rings is 3. The van der Waals surface area contributed by atoms with E-state index in [-0.39, 0.29) is 20.6 Å². The molecule has 5 rings (SSSR count). The summed E-state index contributed by atoms with van der Waals surface area (Å²) in [6.07, 6.45) is -2.51. The summed E-state index contributed by atoms with van der Waals surface area (Å²) in [7, 11) is 0. The molecule has 0 aliphatic heterocycles. The number of rotatable bonds is 6. The van der Waals surface area contributed by atoms with Crippen LogP contribution in [0.25, 0.3) is 21.3 Å². The Morgan fingerprint density at radius 1 is 0.895 bits per heavy atom. The normalized spacial score (nSPS) is 16.9. The van der Waals surface area contributed by atoms with Gasteiger partial charge in [-0.25, -0.2) is 4.98 Å². The van der Waals surface area contributed by atoms with Gasteiger partial charge in [-0.2, -0.15) is 13.2 Å². The number of carbonyl (C=O) groups is 2. The first kappa shape index (κ1) is 28.8. The number of carboxylic acids is 1. The van der Waals surface area contributed by atoms with Crippen LogP contribution in [0.2, 0.25) is 0 Å². The Balaban J connectivity index is 0.00000200. The quantitative estimate of drug-likeness (QED) is 0.238. The van der Waals surface area contributed by atoms with Crippen molar-refractivity contribution >= 4 is 44.1 Å². The SMILES string of the molecule is C.C.O=C(O)[C@@H]1CCC[C@H]1C(=O)c1ccc(-c2ccc(Nc3nc4ccc(C(F)(F)F)cc4s3)cc2)cc1. The summed E-state index contributed by atoms with van der Waals surface area (Å²) in [6, 6.07) is 18.1. The van der Waals surface area contributed by atoms with Crippen LogP contribution >= 0.6 is 11.3 Å². The molecule has 0 amide bonds. The van der Waals surface area contributed by atoms with E-state index < -0.39 is 29.5 Å². The number of nitrogens with one attached hydrogen (secondary N) is 1. The van der Waals surface area contributed by atoms with Crippen LogP contribution in [0.3, 0.4) is 0 Å². The molecule has 1 aromatic heterocycles. The van der Waals surface area contributed by atoms with Gasteiger partial charge in [-0.05, 0) is 54.3 Å². The van der Waals surface area contributed by atoms with Gasteiger partial charge in [-0.15, -0.1) is 0 Å². The lowest BCUT2D eigenvalue weighted by Gasteiger charge is -2.14. The number of thiazole rings is 1. The summed E-state index contributed by atoms with van der Waals surface area (Å²) in [4.78, 5) is 28.6. The molecule has 0 saturated heterocycles. The largest absolute Gasteiger partial charge is 0.481 e. The molecule has 4 aromatic rings.